The van der Waals surface area contributed by atoms with Gasteiger partial charge in [-0.25, -0.2) is 23.1 Å². The molecule has 1 atom stereocenters. The van der Waals surface area contributed by atoms with E-state index in [0.717, 1.165) is 0 Å². The van der Waals surface area contributed by atoms with Crippen LogP contribution in [0.15, 0.2) is 41.4 Å². The van der Waals surface area contributed by atoms with Gasteiger partial charge < -0.3 is 10.2 Å². The second-order valence-corrected chi connectivity index (χ2v) is 9.90. The molecule has 0 bridgehead atoms. The molecule has 1 aliphatic rings. The smallest absolute Gasteiger partial charge is 0.264 e. The van der Waals surface area contributed by atoms with Gasteiger partial charge in [0.15, 0.2) is 0 Å². The molecule has 2 heterocycles. The first-order chi connectivity index (χ1) is 14.0. The number of hydrogen-bond acceptors (Lipinski definition) is 6. The number of sulfonamides is 1. The zero-order valence-electron chi connectivity index (χ0n) is 17.3. The number of carbonyl (C=O) groups excluding carboxylic acids is 2. The van der Waals surface area contributed by atoms with Crippen molar-refractivity contribution in [2.75, 3.05) is 16.6 Å². The third-order valence-corrected chi connectivity index (χ3v) is 6.10. The van der Waals surface area contributed by atoms with Gasteiger partial charge in [0.05, 0.1) is 10.8 Å². The van der Waals surface area contributed by atoms with Crippen molar-refractivity contribution in [1.29, 1.82) is 0 Å². The molecule has 30 heavy (non-hydrogen) atoms. The molecule has 2 N–H and O–H groups in total. The first kappa shape index (κ1) is 21.7. The fourth-order valence-corrected chi connectivity index (χ4v) is 4.12. The van der Waals surface area contributed by atoms with E-state index in [4.69, 9.17) is 0 Å². The van der Waals surface area contributed by atoms with E-state index in [9.17, 15) is 18.0 Å². The van der Waals surface area contributed by atoms with E-state index in [1.165, 1.54) is 30.5 Å². The molecule has 2 aromatic rings. The predicted octanol–water partition coefficient (Wildman–Crippen LogP) is 2.17. The van der Waals surface area contributed by atoms with Crippen LogP contribution in [0.1, 0.15) is 32.9 Å². The van der Waals surface area contributed by atoms with Crippen LogP contribution in [-0.2, 0) is 19.6 Å². The van der Waals surface area contributed by atoms with Crippen LogP contribution in [0.25, 0.3) is 0 Å². The molecular formula is C20H25N5O4S. The van der Waals surface area contributed by atoms with Crippen LogP contribution in [0.4, 0.5) is 11.6 Å². The zero-order chi connectivity index (χ0) is 22.1. The summed E-state index contributed by atoms with van der Waals surface area (Å²) in [4.78, 5) is 34.4. The van der Waals surface area contributed by atoms with Crippen molar-refractivity contribution in [3.05, 3.63) is 42.2 Å². The molecule has 10 heteroatoms. The second-order valence-electron chi connectivity index (χ2n) is 8.22. The number of benzene rings is 1. The third kappa shape index (κ3) is 4.93. The van der Waals surface area contributed by atoms with E-state index in [0.29, 0.717) is 17.9 Å². The number of hydrogen-bond donors (Lipinski definition) is 2. The van der Waals surface area contributed by atoms with Gasteiger partial charge in [-0.2, -0.15) is 0 Å². The zero-order valence-corrected chi connectivity index (χ0v) is 18.2. The Morgan fingerprint density at radius 3 is 2.40 bits per heavy atom. The molecule has 1 fully saturated rings. The largest absolute Gasteiger partial charge is 0.337 e. The highest BCUT2D eigenvalue weighted by atomic mass is 32.2. The number of aryl methyl sites for hydroxylation is 1. The fourth-order valence-electron chi connectivity index (χ4n) is 3.17. The standard InChI is InChI=1S/C20H25N5O4S/c1-13-9-10-21-19(22-13)24-30(28,29)16-7-5-15(6-8-16)23-18(27)14-11-17(26)25(12-14)20(2,3)4/h5-10,14H,11-12H2,1-4H3,(H,23,27)(H,21,22,24). The monoisotopic (exact) mass is 431 g/mol. The van der Waals surface area contributed by atoms with Crippen LogP contribution in [0.2, 0.25) is 0 Å². The number of nitrogens with zero attached hydrogens (tertiary/aromatic N) is 3. The summed E-state index contributed by atoms with van der Waals surface area (Å²) >= 11 is 0. The Morgan fingerprint density at radius 1 is 1.17 bits per heavy atom. The lowest BCUT2D eigenvalue weighted by Gasteiger charge is -2.31. The summed E-state index contributed by atoms with van der Waals surface area (Å²) in [6.07, 6.45) is 1.63. The van der Waals surface area contributed by atoms with Crippen LogP contribution in [0.3, 0.4) is 0 Å². The van der Waals surface area contributed by atoms with Gasteiger partial charge in [-0.05, 0) is 58.0 Å². The van der Waals surface area contributed by atoms with Gasteiger partial charge in [-0.1, -0.05) is 0 Å². The summed E-state index contributed by atoms with van der Waals surface area (Å²) in [6.45, 7) is 7.89. The lowest BCUT2D eigenvalue weighted by molar-refractivity contribution is -0.131. The van der Waals surface area contributed by atoms with E-state index >= 15 is 0 Å². The highest BCUT2D eigenvalue weighted by Gasteiger charge is 2.39. The van der Waals surface area contributed by atoms with E-state index < -0.39 is 15.9 Å². The SMILES string of the molecule is Cc1ccnc(NS(=O)(=O)c2ccc(NC(=O)C3CC(=O)N(C(C)(C)C)C3)cc2)n1. The van der Waals surface area contributed by atoms with Gasteiger partial charge in [0, 0.05) is 36.1 Å². The van der Waals surface area contributed by atoms with Gasteiger partial charge in [-0.15, -0.1) is 0 Å². The summed E-state index contributed by atoms with van der Waals surface area (Å²) in [6, 6.07) is 7.43. The van der Waals surface area contributed by atoms with Crippen molar-refractivity contribution in [3.63, 3.8) is 0 Å². The van der Waals surface area contributed by atoms with Gasteiger partial charge >= 0.3 is 0 Å². The Morgan fingerprint density at radius 2 is 1.83 bits per heavy atom. The normalized spacial score (nSPS) is 17.1. The number of anilines is 2. The van der Waals surface area contributed by atoms with Crippen molar-refractivity contribution in [3.8, 4) is 0 Å². The molecule has 1 unspecified atom stereocenters. The molecule has 0 radical (unpaired) electrons. The van der Waals surface area contributed by atoms with Gasteiger partial charge in [0.25, 0.3) is 10.0 Å². The van der Waals surface area contributed by atoms with Crippen molar-refractivity contribution < 1.29 is 18.0 Å². The van der Waals surface area contributed by atoms with E-state index in [1.54, 1.807) is 17.9 Å². The summed E-state index contributed by atoms with van der Waals surface area (Å²) in [7, 11) is -3.86. The topological polar surface area (TPSA) is 121 Å². The van der Waals surface area contributed by atoms with E-state index in [2.05, 4.69) is 20.0 Å². The van der Waals surface area contributed by atoms with Crippen LogP contribution >= 0.6 is 0 Å². The highest BCUT2D eigenvalue weighted by Crippen LogP contribution is 2.27. The Bertz CT molecular complexity index is 1060. The highest BCUT2D eigenvalue weighted by molar-refractivity contribution is 7.92. The Hall–Kier alpha value is -3.01. The number of aromatic nitrogens is 2. The summed E-state index contributed by atoms with van der Waals surface area (Å²) in [5.41, 5.74) is 0.749. The number of rotatable bonds is 5. The van der Waals surface area contributed by atoms with Crippen molar-refractivity contribution >= 4 is 33.5 Å². The second kappa shape index (κ2) is 8.02. The minimum Gasteiger partial charge on any atom is -0.337 e. The molecule has 1 aliphatic heterocycles. The molecule has 9 nitrogen and oxygen atoms in total. The molecule has 0 spiro atoms. The van der Waals surface area contributed by atoms with Crippen molar-refractivity contribution in [2.45, 2.75) is 44.6 Å². The first-order valence-corrected chi connectivity index (χ1v) is 11.0. The quantitative estimate of drug-likeness (QED) is 0.748. The maximum absolute atomic E-state index is 12.6. The molecule has 1 aromatic carbocycles. The lowest BCUT2D eigenvalue weighted by Crippen LogP contribution is -2.42. The number of amides is 2. The molecule has 0 saturated carbocycles. The first-order valence-electron chi connectivity index (χ1n) is 9.49. The average Bonchev–Trinajstić information content (AvgIpc) is 3.04. The Balaban J connectivity index is 1.66. The third-order valence-electron chi connectivity index (χ3n) is 4.76. The van der Waals surface area contributed by atoms with Crippen molar-refractivity contribution in [1.82, 2.24) is 14.9 Å². The summed E-state index contributed by atoms with van der Waals surface area (Å²) < 4.78 is 27.3. The maximum Gasteiger partial charge on any atom is 0.264 e. The molecule has 160 valence electrons. The summed E-state index contributed by atoms with van der Waals surface area (Å²) in [5.74, 6) is -0.771. The minimum atomic E-state index is -3.86. The lowest BCUT2D eigenvalue weighted by atomic mass is 10.1. The predicted molar refractivity (Wildman–Crippen MR) is 112 cm³/mol. The van der Waals surface area contributed by atoms with Gasteiger partial charge in [0.1, 0.15) is 0 Å². The number of carbonyl (C=O) groups is 2. The van der Waals surface area contributed by atoms with E-state index in [1.807, 2.05) is 20.8 Å². The Kier molecular flexibility index (Phi) is 5.80. The molecular weight excluding hydrogens is 406 g/mol. The van der Waals surface area contributed by atoms with Gasteiger partial charge in [0.2, 0.25) is 17.8 Å². The molecule has 1 saturated heterocycles. The van der Waals surface area contributed by atoms with Crippen LogP contribution < -0.4 is 10.0 Å². The van der Waals surface area contributed by atoms with Crippen LogP contribution in [-0.4, -0.2) is 47.2 Å². The molecule has 1 aromatic heterocycles. The minimum absolute atomic E-state index is 0.0123. The van der Waals surface area contributed by atoms with Crippen LogP contribution in [0, 0.1) is 12.8 Å². The number of nitrogens with one attached hydrogen (secondary N) is 2. The molecule has 0 aliphatic carbocycles. The van der Waals surface area contributed by atoms with Crippen LogP contribution in [0.5, 0.6) is 0 Å². The molecule has 3 rings (SSSR count). The fraction of sp³-hybridized carbons (Fsp3) is 0.400. The van der Waals surface area contributed by atoms with Crippen molar-refractivity contribution in [2.24, 2.45) is 5.92 Å². The van der Waals surface area contributed by atoms with E-state index in [-0.39, 0.29) is 34.6 Å². The average molecular weight is 432 g/mol. The molecule has 2 amide bonds. The maximum atomic E-state index is 12.6. The summed E-state index contributed by atoms with van der Waals surface area (Å²) in [5, 5.41) is 2.75. The number of likely N-dealkylation sites (tertiary alicyclic amines) is 1. The Labute approximate surface area is 176 Å². The van der Waals surface area contributed by atoms with Gasteiger partial charge in [-0.3, -0.25) is 9.59 Å².